The van der Waals surface area contributed by atoms with Gasteiger partial charge in [0.1, 0.15) is 11.9 Å². The molecule has 1 saturated heterocycles. The summed E-state index contributed by atoms with van der Waals surface area (Å²) in [5, 5.41) is 16.5. The van der Waals surface area contributed by atoms with E-state index in [4.69, 9.17) is 20.1 Å². The predicted octanol–water partition coefficient (Wildman–Crippen LogP) is 0.242. The van der Waals surface area contributed by atoms with Crippen LogP contribution in [0.4, 0.5) is 0 Å². The SMILES string of the molecule is CCOC(C)OC(C(=N)NO)[C@@H]1CCCN1[C]=O. The molecule has 7 heteroatoms. The van der Waals surface area contributed by atoms with E-state index in [0.717, 1.165) is 6.42 Å². The zero-order valence-corrected chi connectivity index (χ0v) is 10.7. The van der Waals surface area contributed by atoms with Crippen molar-refractivity contribution in [2.75, 3.05) is 13.2 Å². The van der Waals surface area contributed by atoms with Crippen LogP contribution in [0.15, 0.2) is 0 Å². The number of rotatable bonds is 7. The van der Waals surface area contributed by atoms with Gasteiger partial charge in [-0.05, 0) is 26.7 Å². The molecule has 0 aliphatic carbocycles. The average molecular weight is 258 g/mol. The predicted molar refractivity (Wildman–Crippen MR) is 64.0 cm³/mol. The van der Waals surface area contributed by atoms with Gasteiger partial charge in [-0.3, -0.25) is 20.9 Å². The topological polar surface area (TPSA) is 94.9 Å². The molecule has 1 radical (unpaired) electrons. The van der Waals surface area contributed by atoms with Crippen molar-refractivity contribution >= 4 is 12.2 Å². The first-order chi connectivity index (χ1) is 8.63. The van der Waals surface area contributed by atoms with Gasteiger partial charge in [-0.25, -0.2) is 0 Å². The van der Waals surface area contributed by atoms with Crippen LogP contribution in [-0.2, 0) is 14.3 Å². The number of hydrogen-bond acceptors (Lipinski definition) is 5. The maximum Gasteiger partial charge on any atom is 0.312 e. The van der Waals surface area contributed by atoms with Gasteiger partial charge in [0.25, 0.3) is 0 Å². The molecule has 0 aromatic rings. The lowest BCUT2D eigenvalue weighted by molar-refractivity contribution is -0.151. The van der Waals surface area contributed by atoms with Crippen molar-refractivity contribution in [1.82, 2.24) is 10.4 Å². The number of ether oxygens (including phenoxy) is 2. The number of amidine groups is 1. The molecular formula is C11H20N3O4. The lowest BCUT2D eigenvalue weighted by Gasteiger charge is -2.30. The number of amides is 1. The number of nitrogens with one attached hydrogen (secondary N) is 2. The van der Waals surface area contributed by atoms with Gasteiger partial charge in [-0.15, -0.1) is 0 Å². The van der Waals surface area contributed by atoms with E-state index in [9.17, 15) is 4.79 Å². The molecule has 18 heavy (non-hydrogen) atoms. The Morgan fingerprint density at radius 3 is 3.00 bits per heavy atom. The molecule has 0 aromatic heterocycles. The molecule has 3 atom stereocenters. The third-order valence-corrected chi connectivity index (χ3v) is 2.91. The summed E-state index contributed by atoms with van der Waals surface area (Å²) in [4.78, 5) is 12.3. The van der Waals surface area contributed by atoms with Crippen LogP contribution in [0, 0.1) is 5.41 Å². The van der Waals surface area contributed by atoms with Crippen LogP contribution in [0.25, 0.3) is 0 Å². The summed E-state index contributed by atoms with van der Waals surface area (Å²) >= 11 is 0. The van der Waals surface area contributed by atoms with E-state index < -0.39 is 12.4 Å². The molecule has 0 aromatic carbocycles. The second-order valence-electron chi connectivity index (χ2n) is 4.10. The molecule has 0 bridgehead atoms. The summed E-state index contributed by atoms with van der Waals surface area (Å²) < 4.78 is 10.8. The summed E-state index contributed by atoms with van der Waals surface area (Å²) in [6, 6.07) is -0.294. The van der Waals surface area contributed by atoms with Gasteiger partial charge in [0.2, 0.25) is 0 Å². The Morgan fingerprint density at radius 2 is 2.44 bits per heavy atom. The molecular weight excluding hydrogens is 238 g/mol. The largest absolute Gasteiger partial charge is 0.353 e. The molecule has 0 saturated carbocycles. The molecule has 2 unspecified atom stereocenters. The number of nitrogens with zero attached hydrogens (tertiary/aromatic N) is 1. The van der Waals surface area contributed by atoms with Gasteiger partial charge >= 0.3 is 6.41 Å². The Labute approximate surface area is 107 Å². The fraction of sp³-hybridized carbons (Fsp3) is 0.818. The zero-order valence-electron chi connectivity index (χ0n) is 10.7. The maximum atomic E-state index is 10.8. The Morgan fingerprint density at radius 1 is 1.72 bits per heavy atom. The third kappa shape index (κ3) is 3.66. The van der Waals surface area contributed by atoms with Crippen molar-refractivity contribution in [1.29, 1.82) is 5.41 Å². The summed E-state index contributed by atoms with van der Waals surface area (Å²) in [5.41, 5.74) is 1.78. The fourth-order valence-electron chi connectivity index (χ4n) is 2.12. The molecule has 1 fully saturated rings. The summed E-state index contributed by atoms with van der Waals surface area (Å²) in [7, 11) is 0. The fourth-order valence-corrected chi connectivity index (χ4v) is 2.12. The first-order valence-electron chi connectivity index (χ1n) is 6.04. The van der Waals surface area contributed by atoms with Crippen LogP contribution in [0.5, 0.6) is 0 Å². The highest BCUT2D eigenvalue weighted by molar-refractivity contribution is 5.83. The van der Waals surface area contributed by atoms with Crippen molar-refractivity contribution < 1.29 is 19.5 Å². The second-order valence-corrected chi connectivity index (χ2v) is 4.10. The number of carbonyl (C=O) groups excluding carboxylic acids is 1. The standard InChI is InChI=1S/C11H20N3O4/c1-3-17-8(2)18-10(11(12)13-16)9-5-4-6-14(9)7-15/h8-10,16H,3-6H2,1-2H3,(H2,12,13)/t8?,9-,10?/m0/s1. The Balaban J connectivity index is 2.71. The number of hydroxylamine groups is 1. The van der Waals surface area contributed by atoms with E-state index in [1.165, 1.54) is 4.90 Å². The number of likely N-dealkylation sites (tertiary alicyclic amines) is 1. The first-order valence-corrected chi connectivity index (χ1v) is 6.04. The molecule has 1 heterocycles. The summed E-state index contributed by atoms with van der Waals surface area (Å²) in [6.07, 6.45) is 2.13. The van der Waals surface area contributed by atoms with Crippen LogP contribution in [-0.4, -0.2) is 53.9 Å². The Hall–Kier alpha value is -1.18. The second kappa shape index (κ2) is 7.30. The molecule has 1 amide bonds. The van der Waals surface area contributed by atoms with Gasteiger partial charge in [0, 0.05) is 13.2 Å². The maximum absolute atomic E-state index is 10.8. The lowest BCUT2D eigenvalue weighted by Crippen LogP contribution is -2.49. The summed E-state index contributed by atoms with van der Waals surface area (Å²) in [5.74, 6) is -0.186. The van der Waals surface area contributed by atoms with E-state index in [2.05, 4.69) is 0 Å². The van der Waals surface area contributed by atoms with Crippen molar-refractivity contribution in [3.05, 3.63) is 0 Å². The molecule has 1 aliphatic heterocycles. The normalized spacial score (nSPS) is 22.6. The van der Waals surface area contributed by atoms with E-state index in [0.29, 0.717) is 19.6 Å². The molecule has 0 spiro atoms. The van der Waals surface area contributed by atoms with Crippen LogP contribution >= 0.6 is 0 Å². The van der Waals surface area contributed by atoms with Crippen molar-refractivity contribution in [3.63, 3.8) is 0 Å². The monoisotopic (exact) mass is 258 g/mol. The average Bonchev–Trinajstić information content (AvgIpc) is 2.83. The number of hydrogen-bond donors (Lipinski definition) is 3. The van der Waals surface area contributed by atoms with E-state index >= 15 is 0 Å². The third-order valence-electron chi connectivity index (χ3n) is 2.91. The molecule has 1 aliphatic rings. The smallest absolute Gasteiger partial charge is 0.312 e. The Kier molecular flexibility index (Phi) is 6.03. The van der Waals surface area contributed by atoms with Crippen molar-refractivity contribution in [2.24, 2.45) is 0 Å². The first kappa shape index (κ1) is 14.9. The highest BCUT2D eigenvalue weighted by Gasteiger charge is 2.36. The van der Waals surface area contributed by atoms with E-state index in [-0.39, 0.29) is 11.9 Å². The minimum Gasteiger partial charge on any atom is -0.353 e. The van der Waals surface area contributed by atoms with Crippen LogP contribution in [0.1, 0.15) is 26.7 Å². The van der Waals surface area contributed by atoms with Gasteiger partial charge in [-0.1, -0.05) is 0 Å². The van der Waals surface area contributed by atoms with Gasteiger partial charge < -0.3 is 14.4 Å². The van der Waals surface area contributed by atoms with Crippen molar-refractivity contribution in [2.45, 2.75) is 45.1 Å². The minimum absolute atomic E-state index is 0.186. The van der Waals surface area contributed by atoms with Gasteiger partial charge in [-0.2, -0.15) is 0 Å². The molecule has 1 rings (SSSR count). The summed E-state index contributed by atoms with van der Waals surface area (Å²) in [6.45, 7) is 4.63. The van der Waals surface area contributed by atoms with Gasteiger partial charge in [0.05, 0.1) is 6.04 Å². The highest BCUT2D eigenvalue weighted by atomic mass is 16.7. The minimum atomic E-state index is -0.736. The van der Waals surface area contributed by atoms with E-state index in [1.807, 2.05) is 13.3 Å². The van der Waals surface area contributed by atoms with Gasteiger partial charge in [0.15, 0.2) is 6.29 Å². The van der Waals surface area contributed by atoms with Crippen LogP contribution < -0.4 is 5.48 Å². The quantitative estimate of drug-likeness (QED) is 0.263. The molecule has 7 nitrogen and oxygen atoms in total. The van der Waals surface area contributed by atoms with E-state index in [1.54, 1.807) is 12.4 Å². The highest BCUT2D eigenvalue weighted by Crippen LogP contribution is 2.21. The Bertz CT molecular complexity index is 287. The van der Waals surface area contributed by atoms with Crippen LogP contribution in [0.2, 0.25) is 0 Å². The lowest BCUT2D eigenvalue weighted by atomic mass is 10.1. The molecule has 3 N–H and O–H groups in total. The van der Waals surface area contributed by atoms with Crippen molar-refractivity contribution in [3.8, 4) is 0 Å². The zero-order chi connectivity index (χ0) is 13.5. The molecule has 103 valence electrons. The van der Waals surface area contributed by atoms with Crippen LogP contribution in [0.3, 0.4) is 0 Å².